The lowest BCUT2D eigenvalue weighted by atomic mass is 10.1. The number of aryl methyl sites for hydroxylation is 1. The number of ether oxygens (including phenoxy) is 1. The molecule has 0 aromatic heterocycles. The monoisotopic (exact) mass is 317 g/mol. The van der Waals surface area contributed by atoms with Gasteiger partial charge in [0, 0.05) is 29.3 Å². The number of carbonyl (C=O) groups excluding carboxylic acids is 1. The lowest BCUT2D eigenvalue weighted by Crippen LogP contribution is -2.14. The topological polar surface area (TPSA) is 38.3 Å². The van der Waals surface area contributed by atoms with Crippen LogP contribution in [0, 0.1) is 0 Å². The van der Waals surface area contributed by atoms with Crippen LogP contribution in [0.1, 0.15) is 24.5 Å². The first-order valence-corrected chi connectivity index (χ1v) is 7.76. The summed E-state index contributed by atoms with van der Waals surface area (Å²) in [4.78, 5) is 12.1. The Morgan fingerprint density at radius 1 is 1.18 bits per heavy atom. The molecule has 0 aliphatic carbocycles. The zero-order valence-electron chi connectivity index (χ0n) is 12.6. The highest BCUT2D eigenvalue weighted by molar-refractivity contribution is 6.30. The fourth-order valence-corrected chi connectivity index (χ4v) is 2.36. The Labute approximate surface area is 136 Å². The highest BCUT2D eigenvalue weighted by atomic mass is 35.5. The quantitative estimate of drug-likeness (QED) is 0.819. The van der Waals surface area contributed by atoms with Gasteiger partial charge in [0.1, 0.15) is 0 Å². The van der Waals surface area contributed by atoms with Crippen molar-refractivity contribution in [1.82, 2.24) is 0 Å². The number of nitrogens with one attached hydrogen (secondary N) is 1. The van der Waals surface area contributed by atoms with E-state index >= 15 is 0 Å². The van der Waals surface area contributed by atoms with Crippen molar-refractivity contribution >= 4 is 23.2 Å². The molecule has 0 unspecified atom stereocenters. The normalized spacial score (nSPS) is 10.5. The molecule has 0 heterocycles. The van der Waals surface area contributed by atoms with E-state index in [1.54, 1.807) is 0 Å². The van der Waals surface area contributed by atoms with Crippen LogP contribution in [0.4, 0.5) is 5.69 Å². The molecule has 4 heteroatoms. The molecule has 0 atom stereocenters. The summed E-state index contributed by atoms with van der Waals surface area (Å²) >= 11 is 5.94. The van der Waals surface area contributed by atoms with Crippen LogP contribution in [0.5, 0.6) is 0 Å². The third-order valence-corrected chi connectivity index (χ3v) is 3.52. The first kappa shape index (κ1) is 16.5. The maximum atomic E-state index is 12.1. The van der Waals surface area contributed by atoms with Crippen LogP contribution < -0.4 is 5.32 Å². The third-order valence-electron chi connectivity index (χ3n) is 3.28. The summed E-state index contributed by atoms with van der Waals surface area (Å²) in [7, 11) is 0. The van der Waals surface area contributed by atoms with Crippen molar-refractivity contribution in [3.8, 4) is 0 Å². The number of hydrogen-bond donors (Lipinski definition) is 1. The lowest BCUT2D eigenvalue weighted by Gasteiger charge is -2.11. The highest BCUT2D eigenvalue weighted by Crippen LogP contribution is 2.17. The molecule has 22 heavy (non-hydrogen) atoms. The maximum Gasteiger partial charge on any atom is 0.224 e. The fourth-order valence-electron chi connectivity index (χ4n) is 2.14. The van der Waals surface area contributed by atoms with Crippen molar-refractivity contribution in [1.29, 1.82) is 0 Å². The van der Waals surface area contributed by atoms with Crippen molar-refractivity contribution < 1.29 is 9.53 Å². The minimum atomic E-state index is -0.0103. The molecule has 0 aliphatic rings. The summed E-state index contributed by atoms with van der Waals surface area (Å²) in [5.41, 5.74) is 2.86. The highest BCUT2D eigenvalue weighted by Gasteiger charge is 2.07. The van der Waals surface area contributed by atoms with Crippen LogP contribution in [0.2, 0.25) is 5.02 Å². The van der Waals surface area contributed by atoms with Gasteiger partial charge in [-0.2, -0.15) is 0 Å². The van der Waals surface area contributed by atoms with Gasteiger partial charge in [-0.15, -0.1) is 0 Å². The van der Waals surface area contributed by atoms with Gasteiger partial charge in [0.15, 0.2) is 0 Å². The van der Waals surface area contributed by atoms with Crippen molar-refractivity contribution in [2.24, 2.45) is 0 Å². The fraction of sp³-hybridized carbons (Fsp3) is 0.278. The number of amides is 1. The van der Waals surface area contributed by atoms with Gasteiger partial charge >= 0.3 is 0 Å². The summed E-state index contributed by atoms with van der Waals surface area (Å²) in [5, 5.41) is 3.65. The summed E-state index contributed by atoms with van der Waals surface area (Å²) in [5.74, 6) is -0.0103. The average molecular weight is 318 g/mol. The van der Waals surface area contributed by atoms with Crippen molar-refractivity contribution in [3.05, 3.63) is 64.7 Å². The number of para-hydroxylation sites is 1. The smallest absolute Gasteiger partial charge is 0.224 e. The Balaban J connectivity index is 1.92. The van der Waals surface area contributed by atoms with E-state index in [4.69, 9.17) is 16.3 Å². The molecule has 2 aromatic carbocycles. The number of anilines is 1. The van der Waals surface area contributed by atoms with E-state index < -0.39 is 0 Å². The van der Waals surface area contributed by atoms with E-state index in [2.05, 4.69) is 5.32 Å². The molecular weight excluding hydrogens is 298 g/mol. The second-order valence-corrected chi connectivity index (χ2v) is 5.41. The summed E-state index contributed by atoms with van der Waals surface area (Å²) in [6, 6.07) is 15.3. The molecule has 1 N–H and O–H groups in total. The third kappa shape index (κ3) is 5.17. The first-order valence-electron chi connectivity index (χ1n) is 7.39. The Kier molecular flexibility index (Phi) is 6.44. The Morgan fingerprint density at radius 2 is 2.00 bits per heavy atom. The van der Waals surface area contributed by atoms with Gasteiger partial charge in [0.2, 0.25) is 5.91 Å². The van der Waals surface area contributed by atoms with Crippen LogP contribution in [0.15, 0.2) is 48.5 Å². The summed E-state index contributed by atoms with van der Waals surface area (Å²) in [6.07, 6.45) is 1.09. The van der Waals surface area contributed by atoms with E-state index in [9.17, 15) is 4.79 Å². The standard InChI is InChI=1S/C18H20ClNO2/c1-2-22-13-15-7-3-4-9-17(15)20-18(21)11-10-14-6-5-8-16(19)12-14/h3-9,12H,2,10-11,13H2,1H3,(H,20,21). The number of benzene rings is 2. The van der Waals surface area contributed by atoms with Crippen LogP contribution in [-0.2, 0) is 22.6 Å². The van der Waals surface area contributed by atoms with E-state index in [-0.39, 0.29) is 5.91 Å². The van der Waals surface area contributed by atoms with Gasteiger partial charge in [-0.05, 0) is 37.1 Å². The Hall–Kier alpha value is -1.84. The molecule has 3 nitrogen and oxygen atoms in total. The van der Waals surface area contributed by atoms with Crippen molar-refractivity contribution in [3.63, 3.8) is 0 Å². The first-order chi connectivity index (χ1) is 10.7. The predicted octanol–water partition coefficient (Wildman–Crippen LogP) is 4.45. The average Bonchev–Trinajstić information content (AvgIpc) is 2.52. The molecule has 0 spiro atoms. The Bertz CT molecular complexity index is 628. The molecule has 2 rings (SSSR count). The lowest BCUT2D eigenvalue weighted by molar-refractivity contribution is -0.116. The summed E-state index contributed by atoms with van der Waals surface area (Å²) in [6.45, 7) is 3.10. The molecule has 116 valence electrons. The number of carbonyl (C=O) groups is 1. The zero-order chi connectivity index (χ0) is 15.8. The second-order valence-electron chi connectivity index (χ2n) is 4.97. The molecular formula is C18H20ClNO2. The Morgan fingerprint density at radius 3 is 2.77 bits per heavy atom. The minimum Gasteiger partial charge on any atom is -0.377 e. The molecule has 2 aromatic rings. The second kappa shape index (κ2) is 8.57. The van der Waals surface area contributed by atoms with Crippen LogP contribution >= 0.6 is 11.6 Å². The van der Waals surface area contributed by atoms with Gasteiger partial charge in [-0.25, -0.2) is 0 Å². The SMILES string of the molecule is CCOCc1ccccc1NC(=O)CCc1cccc(Cl)c1. The van der Waals surface area contributed by atoms with Crippen LogP contribution in [0.25, 0.3) is 0 Å². The van der Waals surface area contributed by atoms with Crippen LogP contribution in [-0.4, -0.2) is 12.5 Å². The molecule has 1 amide bonds. The number of hydrogen-bond acceptors (Lipinski definition) is 2. The summed E-state index contributed by atoms with van der Waals surface area (Å²) < 4.78 is 5.42. The molecule has 0 aliphatic heterocycles. The van der Waals surface area contributed by atoms with E-state index in [1.165, 1.54) is 0 Å². The molecule has 0 saturated carbocycles. The maximum absolute atomic E-state index is 12.1. The minimum absolute atomic E-state index is 0.0103. The van der Waals surface area contributed by atoms with Gasteiger partial charge in [-0.1, -0.05) is 41.9 Å². The number of halogens is 1. The van der Waals surface area contributed by atoms with Crippen molar-refractivity contribution in [2.75, 3.05) is 11.9 Å². The van der Waals surface area contributed by atoms with Crippen molar-refractivity contribution in [2.45, 2.75) is 26.4 Å². The largest absolute Gasteiger partial charge is 0.377 e. The van der Waals surface area contributed by atoms with E-state index in [0.717, 1.165) is 16.8 Å². The molecule has 0 saturated heterocycles. The predicted molar refractivity (Wildman–Crippen MR) is 90.2 cm³/mol. The zero-order valence-corrected chi connectivity index (χ0v) is 13.4. The van der Waals surface area contributed by atoms with Gasteiger partial charge in [-0.3, -0.25) is 4.79 Å². The van der Waals surface area contributed by atoms with Crippen LogP contribution in [0.3, 0.4) is 0 Å². The van der Waals surface area contributed by atoms with Gasteiger partial charge < -0.3 is 10.1 Å². The van der Waals surface area contributed by atoms with Gasteiger partial charge in [0.25, 0.3) is 0 Å². The number of rotatable bonds is 7. The molecule has 0 bridgehead atoms. The molecule has 0 radical (unpaired) electrons. The molecule has 0 fully saturated rings. The van der Waals surface area contributed by atoms with Gasteiger partial charge in [0.05, 0.1) is 6.61 Å². The van der Waals surface area contributed by atoms with E-state index in [1.807, 2.05) is 55.5 Å². The van der Waals surface area contributed by atoms with E-state index in [0.29, 0.717) is 31.1 Å².